The molecule has 1 N–H and O–H groups in total. The molecule has 0 bridgehead atoms. The molecular weight excluding hydrogens is 497 g/mol. The fourth-order valence-electron chi connectivity index (χ4n) is 4.94. The maximum atomic E-state index is 15.2. The van der Waals surface area contributed by atoms with E-state index < -0.39 is 0 Å². The molecule has 0 radical (unpaired) electrons. The van der Waals surface area contributed by atoms with Crippen LogP contribution in [0.15, 0.2) is 66.7 Å². The Labute approximate surface area is 227 Å². The van der Waals surface area contributed by atoms with Crippen LogP contribution in [0, 0.1) is 5.82 Å². The first-order valence-corrected chi connectivity index (χ1v) is 13.4. The van der Waals surface area contributed by atoms with Gasteiger partial charge < -0.3 is 24.4 Å². The highest BCUT2D eigenvalue weighted by Crippen LogP contribution is 2.32. The highest BCUT2D eigenvalue weighted by Gasteiger charge is 2.16. The molecule has 4 aromatic rings. The topological polar surface area (TPSA) is 72.0 Å². The van der Waals surface area contributed by atoms with Crippen LogP contribution in [0.2, 0.25) is 0 Å². The van der Waals surface area contributed by atoms with Gasteiger partial charge in [0.05, 0.1) is 37.6 Å². The Balaban J connectivity index is 1.24. The summed E-state index contributed by atoms with van der Waals surface area (Å²) >= 11 is 0. The average Bonchev–Trinajstić information content (AvgIpc) is 2.99. The average molecular weight is 530 g/mol. The monoisotopic (exact) mass is 529 g/mol. The molecule has 3 aromatic carbocycles. The van der Waals surface area contributed by atoms with Crippen molar-refractivity contribution >= 4 is 28.2 Å². The summed E-state index contributed by atoms with van der Waals surface area (Å²) in [6.07, 6.45) is 0. The predicted molar refractivity (Wildman–Crippen MR) is 150 cm³/mol. The maximum Gasteiger partial charge on any atom is 0.228 e. The van der Waals surface area contributed by atoms with Crippen LogP contribution < -0.4 is 15.0 Å². The van der Waals surface area contributed by atoms with Gasteiger partial charge in [0.2, 0.25) is 5.95 Å². The maximum absolute atomic E-state index is 15.2. The molecule has 0 saturated carbocycles. The number of nitrogens with one attached hydrogen (secondary N) is 1. The summed E-state index contributed by atoms with van der Waals surface area (Å²) in [5.74, 6) is 0.650. The van der Waals surface area contributed by atoms with Gasteiger partial charge in [-0.2, -0.15) is 0 Å². The number of nitrogens with zero attached hydrogens (tertiary/aromatic N) is 4. The fraction of sp³-hybridized carbons (Fsp3) is 0.333. The minimum atomic E-state index is -0.361. The molecule has 1 aromatic heterocycles. The third-order valence-corrected chi connectivity index (χ3v) is 7.08. The number of rotatable bonds is 8. The van der Waals surface area contributed by atoms with Gasteiger partial charge in [-0.1, -0.05) is 18.2 Å². The second-order valence-electron chi connectivity index (χ2n) is 9.63. The third-order valence-electron chi connectivity index (χ3n) is 7.08. The molecule has 0 atom stereocenters. The molecule has 202 valence electrons. The van der Waals surface area contributed by atoms with Gasteiger partial charge in [0.1, 0.15) is 18.2 Å². The summed E-state index contributed by atoms with van der Waals surface area (Å²) in [7, 11) is 0. The molecule has 0 aliphatic carbocycles. The van der Waals surface area contributed by atoms with Crippen LogP contribution in [0.4, 0.5) is 21.7 Å². The zero-order chi connectivity index (χ0) is 26.4. The van der Waals surface area contributed by atoms with Crippen LogP contribution in [0.25, 0.3) is 22.2 Å². The van der Waals surface area contributed by atoms with Crippen molar-refractivity contribution in [3.63, 3.8) is 0 Å². The minimum Gasteiger partial charge on any atom is -0.492 e. The molecular formula is C30H32FN5O3. The molecule has 39 heavy (non-hydrogen) atoms. The van der Waals surface area contributed by atoms with E-state index in [1.54, 1.807) is 12.1 Å². The van der Waals surface area contributed by atoms with E-state index in [0.29, 0.717) is 29.6 Å². The SMILES string of the molecule is Fc1ccc(OCCN2CCOCC2)cc1-c1nc(Nc2ccc(N3CCOCC3)cc2)nc2ccccc12. The largest absolute Gasteiger partial charge is 0.492 e. The Morgan fingerprint density at radius 1 is 0.846 bits per heavy atom. The molecule has 9 heteroatoms. The predicted octanol–water partition coefficient (Wildman–Crippen LogP) is 4.73. The Hall–Kier alpha value is -3.79. The second-order valence-corrected chi connectivity index (χ2v) is 9.63. The van der Waals surface area contributed by atoms with Crippen LogP contribution in [-0.2, 0) is 9.47 Å². The molecule has 0 amide bonds. The van der Waals surface area contributed by atoms with E-state index in [1.807, 2.05) is 36.4 Å². The standard InChI is InChI=1S/C30H32FN5O3/c31-27-10-9-24(39-20-13-35-11-16-37-17-12-35)21-26(27)29-25-3-1-2-4-28(25)33-30(34-29)32-22-5-7-23(8-6-22)36-14-18-38-19-15-36/h1-10,21H,11-20H2,(H,32,33,34). The lowest BCUT2D eigenvalue weighted by Crippen LogP contribution is -2.38. The lowest BCUT2D eigenvalue weighted by Gasteiger charge is -2.28. The summed E-state index contributed by atoms with van der Waals surface area (Å²) in [6.45, 7) is 7.85. The van der Waals surface area contributed by atoms with Crippen LogP contribution in [0.3, 0.4) is 0 Å². The summed E-state index contributed by atoms with van der Waals surface area (Å²) in [5.41, 5.74) is 3.63. The Bertz CT molecular complexity index is 1410. The van der Waals surface area contributed by atoms with Crippen molar-refractivity contribution in [2.45, 2.75) is 0 Å². The van der Waals surface area contributed by atoms with Crippen LogP contribution >= 0.6 is 0 Å². The smallest absolute Gasteiger partial charge is 0.228 e. The number of ether oxygens (including phenoxy) is 3. The van der Waals surface area contributed by atoms with Crippen molar-refractivity contribution < 1.29 is 18.6 Å². The van der Waals surface area contributed by atoms with Gasteiger partial charge in [-0.15, -0.1) is 0 Å². The normalized spacial score (nSPS) is 16.4. The number of morpholine rings is 2. The van der Waals surface area contributed by atoms with Crippen LogP contribution in [0.1, 0.15) is 0 Å². The quantitative estimate of drug-likeness (QED) is 0.351. The van der Waals surface area contributed by atoms with Crippen LogP contribution in [-0.4, -0.2) is 80.6 Å². The van der Waals surface area contributed by atoms with Gasteiger partial charge >= 0.3 is 0 Å². The van der Waals surface area contributed by atoms with Gasteiger partial charge in [-0.3, -0.25) is 4.90 Å². The summed E-state index contributed by atoms with van der Waals surface area (Å²) in [6, 6.07) is 20.6. The van der Waals surface area contributed by atoms with Crippen molar-refractivity contribution in [3.05, 3.63) is 72.5 Å². The van der Waals surface area contributed by atoms with Gasteiger partial charge in [0.25, 0.3) is 0 Å². The first-order valence-electron chi connectivity index (χ1n) is 13.4. The lowest BCUT2D eigenvalue weighted by atomic mass is 10.1. The molecule has 2 saturated heterocycles. The van der Waals surface area contributed by atoms with Gasteiger partial charge in [0, 0.05) is 55.0 Å². The molecule has 8 nitrogen and oxygen atoms in total. The van der Waals surface area contributed by atoms with E-state index in [1.165, 1.54) is 6.07 Å². The summed E-state index contributed by atoms with van der Waals surface area (Å²) in [4.78, 5) is 14.1. The van der Waals surface area contributed by atoms with E-state index in [0.717, 1.165) is 81.4 Å². The Kier molecular flexibility index (Phi) is 7.80. The molecule has 2 fully saturated rings. The van der Waals surface area contributed by atoms with Crippen molar-refractivity contribution in [2.24, 2.45) is 0 Å². The molecule has 6 rings (SSSR count). The van der Waals surface area contributed by atoms with Crippen molar-refractivity contribution in [1.82, 2.24) is 14.9 Å². The summed E-state index contributed by atoms with van der Waals surface area (Å²) < 4.78 is 32.1. The first-order chi connectivity index (χ1) is 19.2. The Morgan fingerprint density at radius 2 is 1.59 bits per heavy atom. The van der Waals surface area contributed by atoms with Crippen LogP contribution in [0.5, 0.6) is 5.75 Å². The number of hydrogen-bond donors (Lipinski definition) is 1. The fourth-order valence-corrected chi connectivity index (χ4v) is 4.94. The van der Waals surface area contributed by atoms with E-state index in [-0.39, 0.29) is 5.82 Å². The number of hydrogen-bond acceptors (Lipinski definition) is 8. The number of fused-ring (bicyclic) bond motifs is 1. The summed E-state index contributed by atoms with van der Waals surface area (Å²) in [5, 5.41) is 4.08. The highest BCUT2D eigenvalue weighted by molar-refractivity contribution is 5.93. The number of halogens is 1. The zero-order valence-corrected chi connectivity index (χ0v) is 21.8. The van der Waals surface area contributed by atoms with Crippen molar-refractivity contribution in [3.8, 4) is 17.0 Å². The molecule has 2 aliphatic rings. The number of benzene rings is 3. The zero-order valence-electron chi connectivity index (χ0n) is 21.8. The Morgan fingerprint density at radius 3 is 2.38 bits per heavy atom. The minimum absolute atomic E-state index is 0.361. The van der Waals surface area contributed by atoms with E-state index >= 15 is 4.39 Å². The second kappa shape index (κ2) is 11.9. The highest BCUT2D eigenvalue weighted by atomic mass is 19.1. The molecule has 3 heterocycles. The molecule has 0 unspecified atom stereocenters. The van der Waals surface area contributed by atoms with Gasteiger partial charge in [0.15, 0.2) is 0 Å². The van der Waals surface area contributed by atoms with E-state index in [9.17, 15) is 0 Å². The number of anilines is 3. The lowest BCUT2D eigenvalue weighted by molar-refractivity contribution is 0.0322. The van der Waals surface area contributed by atoms with Gasteiger partial charge in [-0.25, -0.2) is 14.4 Å². The van der Waals surface area contributed by atoms with Crippen molar-refractivity contribution in [2.75, 3.05) is 76.0 Å². The third kappa shape index (κ3) is 6.11. The van der Waals surface area contributed by atoms with E-state index in [2.05, 4.69) is 27.2 Å². The molecule has 2 aliphatic heterocycles. The first kappa shape index (κ1) is 25.5. The van der Waals surface area contributed by atoms with E-state index in [4.69, 9.17) is 24.2 Å². The van der Waals surface area contributed by atoms with Gasteiger partial charge in [-0.05, 0) is 48.5 Å². The molecule has 0 spiro atoms. The number of para-hydroxylation sites is 1. The van der Waals surface area contributed by atoms with Crippen molar-refractivity contribution in [1.29, 1.82) is 0 Å². The number of aromatic nitrogens is 2.